The van der Waals surface area contributed by atoms with E-state index < -0.39 is 16.8 Å². The SMILES string of the molecule is COc1cccc(C(O)COc2ccc([N+](=O)[O-])cc2F)c1. The van der Waals surface area contributed by atoms with Gasteiger partial charge >= 0.3 is 0 Å². The molecule has 1 unspecified atom stereocenters. The first-order valence-corrected chi connectivity index (χ1v) is 6.40. The van der Waals surface area contributed by atoms with E-state index in [1.165, 1.54) is 7.11 Å². The van der Waals surface area contributed by atoms with Crippen LogP contribution in [0.15, 0.2) is 42.5 Å². The number of nitro benzene ring substituents is 1. The summed E-state index contributed by atoms with van der Waals surface area (Å²) < 4.78 is 23.9. The number of hydrogen-bond acceptors (Lipinski definition) is 5. The van der Waals surface area contributed by atoms with Crippen molar-refractivity contribution < 1.29 is 23.9 Å². The molecule has 1 atom stereocenters. The summed E-state index contributed by atoms with van der Waals surface area (Å²) in [7, 11) is 1.51. The van der Waals surface area contributed by atoms with Gasteiger partial charge in [0.05, 0.1) is 18.1 Å². The molecule has 0 aliphatic carbocycles. The number of rotatable bonds is 6. The van der Waals surface area contributed by atoms with Crippen LogP contribution in [0, 0.1) is 15.9 Å². The molecule has 6 nitrogen and oxygen atoms in total. The summed E-state index contributed by atoms with van der Waals surface area (Å²) >= 11 is 0. The van der Waals surface area contributed by atoms with Crippen LogP contribution >= 0.6 is 0 Å². The Balaban J connectivity index is 2.04. The number of aliphatic hydroxyl groups excluding tert-OH is 1. The maximum absolute atomic E-state index is 13.7. The maximum atomic E-state index is 13.7. The van der Waals surface area contributed by atoms with Gasteiger partial charge in [-0.3, -0.25) is 10.1 Å². The molecule has 0 aliphatic rings. The first-order valence-electron chi connectivity index (χ1n) is 6.40. The number of hydrogen-bond donors (Lipinski definition) is 1. The Morgan fingerprint density at radius 1 is 1.32 bits per heavy atom. The summed E-state index contributed by atoms with van der Waals surface area (Å²) in [4.78, 5) is 9.83. The van der Waals surface area contributed by atoms with Crippen LogP contribution in [0.3, 0.4) is 0 Å². The van der Waals surface area contributed by atoms with Crippen LogP contribution in [0.4, 0.5) is 10.1 Å². The summed E-state index contributed by atoms with van der Waals surface area (Å²) in [6, 6.07) is 9.83. The fourth-order valence-corrected chi connectivity index (χ4v) is 1.83. The smallest absolute Gasteiger partial charge is 0.272 e. The van der Waals surface area contributed by atoms with Crippen molar-refractivity contribution in [2.75, 3.05) is 13.7 Å². The van der Waals surface area contributed by atoms with Crippen LogP contribution < -0.4 is 9.47 Å². The standard InChI is InChI=1S/C15H14FNO5/c1-21-12-4-2-3-10(7-12)14(18)9-22-15-6-5-11(17(19)20)8-13(15)16/h2-8,14,18H,9H2,1H3. The zero-order chi connectivity index (χ0) is 16.1. The van der Waals surface area contributed by atoms with Crippen LogP contribution in [0.2, 0.25) is 0 Å². The highest BCUT2D eigenvalue weighted by atomic mass is 19.1. The number of halogens is 1. The Bertz CT molecular complexity index is 677. The molecule has 0 saturated carbocycles. The highest BCUT2D eigenvalue weighted by Gasteiger charge is 2.14. The molecule has 0 aliphatic heterocycles. The van der Waals surface area contributed by atoms with Crippen molar-refractivity contribution in [3.05, 3.63) is 64.0 Å². The molecule has 2 aromatic rings. The molecule has 0 radical (unpaired) electrons. The van der Waals surface area contributed by atoms with Gasteiger partial charge in [-0.25, -0.2) is 4.39 Å². The summed E-state index contributed by atoms with van der Waals surface area (Å²) in [6.45, 7) is -0.193. The maximum Gasteiger partial charge on any atom is 0.272 e. The third-order valence-electron chi connectivity index (χ3n) is 3.00. The van der Waals surface area contributed by atoms with Gasteiger partial charge in [-0.1, -0.05) is 12.1 Å². The van der Waals surface area contributed by atoms with Gasteiger partial charge in [0.2, 0.25) is 0 Å². The Morgan fingerprint density at radius 3 is 2.73 bits per heavy atom. The Hall–Kier alpha value is -2.67. The first-order chi connectivity index (χ1) is 10.5. The largest absolute Gasteiger partial charge is 0.497 e. The van der Waals surface area contributed by atoms with Crippen LogP contribution in [0.5, 0.6) is 11.5 Å². The quantitative estimate of drug-likeness (QED) is 0.655. The fraction of sp³-hybridized carbons (Fsp3) is 0.200. The van der Waals surface area contributed by atoms with E-state index in [1.807, 2.05) is 0 Å². The zero-order valence-electron chi connectivity index (χ0n) is 11.7. The number of nitro groups is 1. The van der Waals surface area contributed by atoms with Gasteiger partial charge in [-0.2, -0.15) is 0 Å². The number of ether oxygens (including phenoxy) is 2. The molecule has 2 rings (SSSR count). The van der Waals surface area contributed by atoms with Gasteiger partial charge < -0.3 is 14.6 Å². The number of non-ortho nitro benzene ring substituents is 1. The van der Waals surface area contributed by atoms with Crippen LogP contribution in [-0.2, 0) is 0 Å². The Kier molecular flexibility index (Phi) is 4.90. The van der Waals surface area contributed by atoms with Crippen LogP contribution in [-0.4, -0.2) is 23.7 Å². The summed E-state index contributed by atoms with van der Waals surface area (Å²) in [5.74, 6) is -0.433. The van der Waals surface area contributed by atoms with E-state index in [9.17, 15) is 19.6 Å². The lowest BCUT2D eigenvalue weighted by Gasteiger charge is -2.14. The lowest BCUT2D eigenvalue weighted by Crippen LogP contribution is -2.10. The predicted octanol–water partition coefficient (Wildman–Crippen LogP) is 2.85. The van der Waals surface area contributed by atoms with E-state index in [-0.39, 0.29) is 18.0 Å². The summed E-state index contributed by atoms with van der Waals surface area (Å²) in [6.07, 6.45) is -0.982. The van der Waals surface area contributed by atoms with Gasteiger partial charge in [0.1, 0.15) is 18.5 Å². The number of nitrogens with zero attached hydrogens (tertiary/aromatic N) is 1. The highest BCUT2D eigenvalue weighted by Crippen LogP contribution is 2.24. The molecule has 116 valence electrons. The van der Waals surface area contributed by atoms with Crippen LogP contribution in [0.25, 0.3) is 0 Å². The highest BCUT2D eigenvalue weighted by molar-refractivity contribution is 5.37. The molecule has 2 aromatic carbocycles. The molecule has 1 N–H and O–H groups in total. The van der Waals surface area contributed by atoms with Gasteiger partial charge in [0.15, 0.2) is 11.6 Å². The van der Waals surface area contributed by atoms with E-state index in [2.05, 4.69) is 0 Å². The Labute approximate surface area is 125 Å². The molecular weight excluding hydrogens is 293 g/mol. The van der Waals surface area contributed by atoms with Crippen molar-refractivity contribution >= 4 is 5.69 Å². The lowest BCUT2D eigenvalue weighted by molar-refractivity contribution is -0.385. The topological polar surface area (TPSA) is 81.8 Å². The van der Waals surface area contributed by atoms with E-state index in [0.29, 0.717) is 11.3 Å². The van der Waals surface area contributed by atoms with Crippen molar-refractivity contribution in [3.8, 4) is 11.5 Å². The van der Waals surface area contributed by atoms with Crippen molar-refractivity contribution in [2.24, 2.45) is 0 Å². The molecule has 0 amide bonds. The first kappa shape index (κ1) is 15.7. The molecule has 0 saturated heterocycles. The molecule has 0 fully saturated rings. The van der Waals surface area contributed by atoms with Crippen molar-refractivity contribution in [1.29, 1.82) is 0 Å². The predicted molar refractivity (Wildman–Crippen MR) is 76.5 cm³/mol. The minimum absolute atomic E-state index is 0.160. The monoisotopic (exact) mass is 307 g/mol. The molecule has 7 heteroatoms. The fourth-order valence-electron chi connectivity index (χ4n) is 1.83. The van der Waals surface area contributed by atoms with Gasteiger partial charge in [0.25, 0.3) is 5.69 Å². The normalized spacial score (nSPS) is 11.8. The van der Waals surface area contributed by atoms with Crippen molar-refractivity contribution in [2.45, 2.75) is 6.10 Å². The molecule has 0 heterocycles. The zero-order valence-corrected chi connectivity index (χ0v) is 11.7. The lowest BCUT2D eigenvalue weighted by atomic mass is 10.1. The third-order valence-corrected chi connectivity index (χ3v) is 3.00. The van der Waals surface area contributed by atoms with E-state index in [4.69, 9.17) is 9.47 Å². The van der Waals surface area contributed by atoms with Crippen molar-refractivity contribution in [1.82, 2.24) is 0 Å². The van der Waals surface area contributed by atoms with Gasteiger partial charge in [-0.05, 0) is 23.8 Å². The summed E-state index contributed by atoms with van der Waals surface area (Å²) in [5.41, 5.74) is 0.194. The van der Waals surface area contributed by atoms with E-state index in [0.717, 1.165) is 18.2 Å². The number of aliphatic hydroxyl groups is 1. The molecule has 0 spiro atoms. The minimum atomic E-state index is -0.982. The number of methoxy groups -OCH3 is 1. The molecule has 0 aromatic heterocycles. The number of benzene rings is 2. The van der Waals surface area contributed by atoms with Crippen molar-refractivity contribution in [3.63, 3.8) is 0 Å². The van der Waals surface area contributed by atoms with Gasteiger partial charge in [-0.15, -0.1) is 0 Å². The summed E-state index contributed by atoms with van der Waals surface area (Å²) in [5, 5.41) is 20.5. The third kappa shape index (κ3) is 3.70. The second-order valence-electron chi connectivity index (χ2n) is 4.48. The average Bonchev–Trinajstić information content (AvgIpc) is 2.53. The minimum Gasteiger partial charge on any atom is -0.497 e. The van der Waals surface area contributed by atoms with E-state index >= 15 is 0 Å². The molecule has 22 heavy (non-hydrogen) atoms. The van der Waals surface area contributed by atoms with E-state index in [1.54, 1.807) is 24.3 Å². The second kappa shape index (κ2) is 6.86. The van der Waals surface area contributed by atoms with Crippen LogP contribution in [0.1, 0.15) is 11.7 Å². The van der Waals surface area contributed by atoms with Gasteiger partial charge in [0, 0.05) is 6.07 Å². The molecule has 0 bridgehead atoms. The second-order valence-corrected chi connectivity index (χ2v) is 4.48. The average molecular weight is 307 g/mol. The molecular formula is C15H14FNO5. The Morgan fingerprint density at radius 2 is 2.09 bits per heavy atom.